The van der Waals surface area contributed by atoms with Crippen LogP contribution in [0, 0.1) is 0 Å². The molecule has 4 heteroatoms. The molecule has 3 aromatic rings. The fourth-order valence-corrected chi connectivity index (χ4v) is 4.88. The molecule has 0 atom stereocenters. The number of ether oxygens (including phenoxy) is 2. The van der Waals surface area contributed by atoms with E-state index in [2.05, 4.69) is 65.9 Å². The van der Waals surface area contributed by atoms with Crippen LogP contribution >= 0.6 is 0 Å². The van der Waals surface area contributed by atoms with Crippen LogP contribution in [-0.2, 0) is 4.74 Å². The standard InChI is InChI=1S/C27H32N2O2/c1-18(2)26-24-12-11-23(31-22-13-15-30-16-14-22)17-25(24)29(21-5-4-6-21)27(26)19-7-9-20(28-3)10-8-19/h7-12,17,21-22,28H,1,4-6,13-16H2,2-3H3. The minimum absolute atomic E-state index is 0.243. The first-order chi connectivity index (χ1) is 15.2. The van der Waals surface area contributed by atoms with Crippen LogP contribution in [0.2, 0.25) is 0 Å². The number of fused-ring (bicyclic) bond motifs is 1. The number of nitrogens with zero attached hydrogens (tertiary/aromatic N) is 1. The van der Waals surface area contributed by atoms with Crippen molar-refractivity contribution in [2.45, 2.75) is 51.2 Å². The molecule has 2 aromatic carbocycles. The van der Waals surface area contributed by atoms with E-state index in [1.54, 1.807) is 0 Å². The first-order valence-electron chi connectivity index (χ1n) is 11.5. The highest BCUT2D eigenvalue weighted by Gasteiger charge is 2.28. The van der Waals surface area contributed by atoms with Crippen molar-refractivity contribution < 1.29 is 9.47 Å². The van der Waals surface area contributed by atoms with E-state index in [1.807, 2.05) is 7.05 Å². The van der Waals surface area contributed by atoms with Gasteiger partial charge in [-0.1, -0.05) is 18.7 Å². The summed E-state index contributed by atoms with van der Waals surface area (Å²) >= 11 is 0. The van der Waals surface area contributed by atoms with Crippen LogP contribution in [0.1, 0.15) is 50.6 Å². The minimum atomic E-state index is 0.243. The number of allylic oxidation sites excluding steroid dienone is 1. The van der Waals surface area contributed by atoms with Gasteiger partial charge in [-0.15, -0.1) is 0 Å². The van der Waals surface area contributed by atoms with Crippen molar-refractivity contribution in [2.24, 2.45) is 0 Å². The van der Waals surface area contributed by atoms with Gasteiger partial charge in [-0.2, -0.15) is 0 Å². The molecule has 1 saturated carbocycles. The summed E-state index contributed by atoms with van der Waals surface area (Å²) in [6.45, 7) is 8.06. The average Bonchev–Trinajstić information content (AvgIpc) is 3.08. The maximum atomic E-state index is 6.37. The lowest BCUT2D eigenvalue weighted by Crippen LogP contribution is -2.25. The van der Waals surface area contributed by atoms with Crippen LogP contribution in [0.3, 0.4) is 0 Å². The Labute approximate surface area is 184 Å². The lowest BCUT2D eigenvalue weighted by atomic mass is 9.92. The normalized spacial score (nSPS) is 17.5. The molecule has 4 nitrogen and oxygen atoms in total. The van der Waals surface area contributed by atoms with Gasteiger partial charge in [0.25, 0.3) is 0 Å². The molecule has 5 rings (SSSR count). The van der Waals surface area contributed by atoms with E-state index in [-0.39, 0.29) is 6.10 Å². The second kappa shape index (κ2) is 8.43. The van der Waals surface area contributed by atoms with E-state index >= 15 is 0 Å². The summed E-state index contributed by atoms with van der Waals surface area (Å²) in [7, 11) is 1.96. The van der Waals surface area contributed by atoms with Gasteiger partial charge in [0.1, 0.15) is 11.9 Å². The lowest BCUT2D eigenvalue weighted by Gasteiger charge is -2.30. The molecule has 1 N–H and O–H groups in total. The number of anilines is 1. The molecule has 2 fully saturated rings. The summed E-state index contributed by atoms with van der Waals surface area (Å²) in [5.74, 6) is 0.961. The summed E-state index contributed by atoms with van der Waals surface area (Å²) in [6.07, 6.45) is 5.91. The zero-order valence-electron chi connectivity index (χ0n) is 18.6. The minimum Gasteiger partial charge on any atom is -0.490 e. The molecule has 2 heterocycles. The van der Waals surface area contributed by atoms with Crippen molar-refractivity contribution >= 4 is 22.2 Å². The Kier molecular flexibility index (Phi) is 5.49. The second-order valence-electron chi connectivity index (χ2n) is 8.89. The molecule has 1 aliphatic heterocycles. The van der Waals surface area contributed by atoms with E-state index in [1.165, 1.54) is 47.0 Å². The highest BCUT2D eigenvalue weighted by molar-refractivity contribution is 6.01. The van der Waals surface area contributed by atoms with Crippen molar-refractivity contribution in [2.75, 3.05) is 25.6 Å². The fraction of sp³-hybridized carbons (Fsp3) is 0.407. The van der Waals surface area contributed by atoms with Crippen LogP contribution in [-0.4, -0.2) is 30.9 Å². The summed E-state index contributed by atoms with van der Waals surface area (Å²) in [6, 6.07) is 15.9. The summed E-state index contributed by atoms with van der Waals surface area (Å²) < 4.78 is 14.4. The lowest BCUT2D eigenvalue weighted by molar-refractivity contribution is 0.0256. The van der Waals surface area contributed by atoms with Crippen LogP contribution in [0.15, 0.2) is 49.0 Å². The second-order valence-corrected chi connectivity index (χ2v) is 8.89. The molecule has 1 aliphatic carbocycles. The zero-order valence-corrected chi connectivity index (χ0v) is 18.6. The van der Waals surface area contributed by atoms with Crippen molar-refractivity contribution in [3.8, 4) is 17.0 Å². The van der Waals surface area contributed by atoms with Gasteiger partial charge in [0.15, 0.2) is 0 Å². The largest absolute Gasteiger partial charge is 0.490 e. The van der Waals surface area contributed by atoms with Crippen LogP contribution in [0.4, 0.5) is 5.69 Å². The molecule has 1 aromatic heterocycles. The van der Waals surface area contributed by atoms with Crippen molar-refractivity contribution in [3.05, 3.63) is 54.6 Å². The fourth-order valence-electron chi connectivity index (χ4n) is 4.88. The molecule has 2 aliphatic rings. The van der Waals surface area contributed by atoms with Gasteiger partial charge in [0.05, 0.1) is 24.4 Å². The first-order valence-corrected chi connectivity index (χ1v) is 11.5. The quantitative estimate of drug-likeness (QED) is 0.488. The Morgan fingerprint density at radius 3 is 2.42 bits per heavy atom. The van der Waals surface area contributed by atoms with Gasteiger partial charge in [0, 0.05) is 48.6 Å². The van der Waals surface area contributed by atoms with Gasteiger partial charge in [-0.05, 0) is 61.6 Å². The molecule has 162 valence electrons. The summed E-state index contributed by atoms with van der Waals surface area (Å²) in [4.78, 5) is 0. The number of aromatic nitrogens is 1. The zero-order chi connectivity index (χ0) is 21.4. The molecule has 0 spiro atoms. The monoisotopic (exact) mass is 416 g/mol. The third-order valence-corrected chi connectivity index (χ3v) is 6.76. The third-order valence-electron chi connectivity index (χ3n) is 6.76. The SMILES string of the molecule is C=C(C)c1c(-c2ccc(NC)cc2)n(C2CCC2)c2cc(OC3CCOCC3)ccc12. The average molecular weight is 417 g/mol. The van der Waals surface area contributed by atoms with E-state index in [0.29, 0.717) is 6.04 Å². The van der Waals surface area contributed by atoms with E-state index in [0.717, 1.165) is 43.1 Å². The number of hydrogen-bond acceptors (Lipinski definition) is 3. The van der Waals surface area contributed by atoms with Crippen LogP contribution in [0.5, 0.6) is 5.75 Å². The van der Waals surface area contributed by atoms with Crippen molar-refractivity contribution in [1.29, 1.82) is 0 Å². The third kappa shape index (κ3) is 3.74. The van der Waals surface area contributed by atoms with Gasteiger partial charge in [-0.3, -0.25) is 0 Å². The Balaban J connectivity index is 1.66. The Morgan fingerprint density at radius 1 is 1.06 bits per heavy atom. The summed E-state index contributed by atoms with van der Waals surface area (Å²) in [5.41, 5.74) is 7.29. The molecule has 0 unspecified atom stereocenters. The molecule has 0 amide bonds. The van der Waals surface area contributed by atoms with Crippen LogP contribution in [0.25, 0.3) is 27.7 Å². The Morgan fingerprint density at radius 2 is 1.81 bits per heavy atom. The van der Waals surface area contributed by atoms with E-state index in [9.17, 15) is 0 Å². The molecule has 31 heavy (non-hydrogen) atoms. The number of nitrogens with one attached hydrogen (secondary N) is 1. The van der Waals surface area contributed by atoms with Gasteiger partial charge in [0.2, 0.25) is 0 Å². The number of rotatable bonds is 6. The highest BCUT2D eigenvalue weighted by atomic mass is 16.5. The van der Waals surface area contributed by atoms with Crippen LogP contribution < -0.4 is 10.1 Å². The van der Waals surface area contributed by atoms with Gasteiger partial charge < -0.3 is 19.4 Å². The molecular formula is C27H32N2O2. The smallest absolute Gasteiger partial charge is 0.121 e. The van der Waals surface area contributed by atoms with Gasteiger partial charge in [-0.25, -0.2) is 0 Å². The maximum Gasteiger partial charge on any atom is 0.121 e. The number of hydrogen-bond donors (Lipinski definition) is 1. The van der Waals surface area contributed by atoms with Gasteiger partial charge >= 0.3 is 0 Å². The van der Waals surface area contributed by atoms with Crippen molar-refractivity contribution in [1.82, 2.24) is 4.57 Å². The predicted molar refractivity (Wildman–Crippen MR) is 129 cm³/mol. The molecular weight excluding hydrogens is 384 g/mol. The Bertz CT molecular complexity index is 1090. The molecule has 1 saturated heterocycles. The Hall–Kier alpha value is -2.72. The van der Waals surface area contributed by atoms with Crippen molar-refractivity contribution in [3.63, 3.8) is 0 Å². The van der Waals surface area contributed by atoms with E-state index < -0.39 is 0 Å². The molecule has 0 radical (unpaired) electrons. The first kappa shape index (κ1) is 20.2. The molecule has 0 bridgehead atoms. The summed E-state index contributed by atoms with van der Waals surface area (Å²) in [5, 5.41) is 4.50. The predicted octanol–water partition coefficient (Wildman–Crippen LogP) is 6.67. The number of benzene rings is 2. The highest BCUT2D eigenvalue weighted by Crippen LogP contribution is 2.45. The maximum absolute atomic E-state index is 6.37. The topological polar surface area (TPSA) is 35.4 Å². The van der Waals surface area contributed by atoms with E-state index in [4.69, 9.17) is 9.47 Å².